The van der Waals surface area contributed by atoms with Gasteiger partial charge in [0.05, 0.1) is 86.5 Å². The lowest BCUT2D eigenvalue weighted by Crippen LogP contribution is -2.55. The molecule has 17 rings (SSSR count). The van der Waals surface area contributed by atoms with Crippen molar-refractivity contribution < 1.29 is 33.3 Å². The predicted octanol–water partition coefficient (Wildman–Crippen LogP) is 16.0. The quantitative estimate of drug-likeness (QED) is 0.0922. The number of benzene rings is 3. The molecule has 2 saturated heterocycles. The number of halogens is 4. The molecule has 0 radical (unpaired) electrons. The molecule has 0 N–H and O–H groups in total. The second-order valence-electron chi connectivity index (χ2n) is 32.6. The second kappa shape index (κ2) is 26.8. The molecule has 3 aromatic carbocycles. The van der Waals surface area contributed by atoms with E-state index < -0.39 is 34.6 Å². The first-order valence-electron chi connectivity index (χ1n) is 36.3. The number of imidazole rings is 3. The summed E-state index contributed by atoms with van der Waals surface area (Å²) in [5.74, 6) is 0.744. The van der Waals surface area contributed by atoms with Crippen LogP contribution in [0.25, 0.3) is 55.6 Å². The molecule has 0 atom stereocenters. The number of hydrogen-bond acceptors (Lipinski definition) is 14. The summed E-state index contributed by atoms with van der Waals surface area (Å²) in [6.45, 7) is 34.9. The van der Waals surface area contributed by atoms with Crippen LogP contribution in [0, 0.1) is 0 Å². The van der Waals surface area contributed by atoms with Crippen molar-refractivity contribution >= 4 is 143 Å². The number of amides is 3. The first kappa shape index (κ1) is 73.5. The number of ketones is 2. The van der Waals surface area contributed by atoms with Gasteiger partial charge in [0, 0.05) is 84.1 Å². The molecule has 6 aromatic heterocycles. The number of carbonyl (C=O) groups is 5. The summed E-state index contributed by atoms with van der Waals surface area (Å²) < 4.78 is 19.1. The highest BCUT2D eigenvalue weighted by molar-refractivity contribution is 9.10. The molecule has 25 heteroatoms. The number of aromatic nitrogens is 9. The molecule has 9 aromatic rings. The smallest absolute Gasteiger partial charge is 0.399 e. The number of rotatable bonds is 10. The Balaban J connectivity index is 0.000000121. The number of carbonyl (C=O) groups excluding carboxylic acids is 5. The normalized spacial score (nSPS) is 21.4. The van der Waals surface area contributed by atoms with E-state index in [0.29, 0.717) is 63.5 Å². The molecule has 11 heterocycles. The van der Waals surface area contributed by atoms with Crippen molar-refractivity contribution in [1.29, 1.82) is 0 Å². The van der Waals surface area contributed by atoms with E-state index in [2.05, 4.69) is 110 Å². The topological polar surface area (TPSA) is 209 Å². The largest absolute Gasteiger partial charge is 0.494 e. The Hall–Kier alpha value is -7.44. The van der Waals surface area contributed by atoms with Crippen LogP contribution in [0.15, 0.2) is 96.4 Å². The van der Waals surface area contributed by atoms with Crippen LogP contribution in [-0.2, 0) is 49.5 Å². The van der Waals surface area contributed by atoms with Crippen LogP contribution in [0.2, 0.25) is 15.5 Å². The van der Waals surface area contributed by atoms with Crippen LogP contribution < -0.4 is 20.2 Å². The Bertz CT molecular complexity index is 4980. The van der Waals surface area contributed by atoms with Crippen molar-refractivity contribution in [3.63, 3.8) is 0 Å². The van der Waals surface area contributed by atoms with E-state index in [-0.39, 0.29) is 59.5 Å². The molecule has 5 fully saturated rings. The highest BCUT2D eigenvalue weighted by Crippen LogP contribution is 2.51. The maximum absolute atomic E-state index is 13.6. The first-order chi connectivity index (χ1) is 49.0. The molecule has 20 nitrogen and oxygen atoms in total. The van der Waals surface area contributed by atoms with Crippen molar-refractivity contribution in [2.45, 2.75) is 232 Å². The zero-order valence-electron chi connectivity index (χ0n) is 62.0. The molecule has 3 aliphatic carbocycles. The third-order valence-electron chi connectivity index (χ3n) is 23.1. The highest BCUT2D eigenvalue weighted by Gasteiger charge is 2.55. The first-order valence-corrected chi connectivity index (χ1v) is 38.2. The average molecular weight is 1530 g/mol. The Morgan fingerprint density at radius 1 is 0.462 bits per heavy atom. The molecule has 3 saturated carbocycles. The van der Waals surface area contributed by atoms with Crippen LogP contribution in [0.3, 0.4) is 0 Å². The zero-order valence-corrected chi connectivity index (χ0v) is 65.9. The van der Waals surface area contributed by atoms with Gasteiger partial charge in [0.15, 0.2) is 15.5 Å². The highest BCUT2D eigenvalue weighted by atomic mass is 79.9. The minimum Gasteiger partial charge on any atom is -0.399 e. The summed E-state index contributed by atoms with van der Waals surface area (Å²) in [6.07, 6.45) is 11.9. The lowest BCUT2D eigenvalue weighted by molar-refractivity contribution is -0.128. The molecule has 0 bridgehead atoms. The van der Waals surface area contributed by atoms with Crippen LogP contribution >= 0.6 is 50.7 Å². The van der Waals surface area contributed by atoms with E-state index in [4.69, 9.17) is 49.1 Å². The summed E-state index contributed by atoms with van der Waals surface area (Å²) in [5, 5.41) is 1.35. The number of nitrogens with zero attached hydrogens (tertiary/aromatic N) is 13. The molecule has 5 aliphatic heterocycles. The van der Waals surface area contributed by atoms with Crippen molar-refractivity contribution in [1.82, 2.24) is 48.5 Å². The third-order valence-corrected chi connectivity index (χ3v) is 24.3. The standard InChI is InChI=1S/C27H32ClN5O.C23H23ClN4O2.C20H26BNO4.C9H9BrClN3/c1-16(2)32-15-29-22-14-21(30-25(28)24(22)32)17-7-8-20-23(11-17)33(26(34)27(20,3)4)19-12-18(13-19)31-9-5-6-10-31;1-12(2)27-11-25-18-10-17(26-21(24)20(18)27)13-5-6-16-19(7-13)28(14-8-15(29)9-14)22(30)23(16,3)4;1-18(2)15-8-7-12(21-25-19(3,4)20(5,6)26-21)9-16(15)22(17(18)24)13-10-14(23)11-13;1-5(2)14-4-12-6-3-7(10)13-9(11)8(6)14/h7-8,11,14-16,18-19H,5-6,9-10,12-13H2,1-4H3;5-7,10-12,14H,8-9H2,1-4H3;7-9,13H,10-11H2,1-6H3;3-5H,1-2H3. The van der Waals surface area contributed by atoms with Gasteiger partial charge < -0.3 is 42.6 Å². The van der Waals surface area contributed by atoms with Crippen LogP contribution in [0.1, 0.15) is 197 Å². The van der Waals surface area contributed by atoms with Gasteiger partial charge in [0.2, 0.25) is 17.7 Å². The number of likely N-dealkylation sites (tertiary alicyclic amines) is 1. The van der Waals surface area contributed by atoms with Crippen LogP contribution in [0.4, 0.5) is 17.1 Å². The van der Waals surface area contributed by atoms with Gasteiger partial charge in [0.25, 0.3) is 0 Å². The summed E-state index contributed by atoms with van der Waals surface area (Å²) >= 11 is 22.5. The molecule has 104 heavy (non-hydrogen) atoms. The van der Waals surface area contributed by atoms with Crippen molar-refractivity contribution in [2.24, 2.45) is 0 Å². The van der Waals surface area contributed by atoms with Crippen molar-refractivity contribution in [3.8, 4) is 22.5 Å². The minimum absolute atomic E-state index is 0.0240. The number of anilines is 3. The van der Waals surface area contributed by atoms with E-state index in [1.165, 1.54) is 25.9 Å². The fourth-order valence-corrected chi connectivity index (χ4v) is 17.2. The third kappa shape index (κ3) is 12.6. The zero-order chi connectivity index (χ0) is 74.5. The average Bonchev–Trinajstić information content (AvgIpc) is 1.58. The van der Waals surface area contributed by atoms with E-state index in [0.717, 1.165) is 102 Å². The Kier molecular flexibility index (Phi) is 18.9. The maximum Gasteiger partial charge on any atom is 0.494 e. The number of fused-ring (bicyclic) bond motifs is 6. The Labute approximate surface area is 631 Å². The van der Waals surface area contributed by atoms with Crippen molar-refractivity contribution in [2.75, 3.05) is 27.8 Å². The molecule has 8 aliphatic rings. The number of Topliss-reactive ketones (excluding diaryl/α,β-unsaturated/α-hetero) is 2. The number of pyridine rings is 3. The lowest BCUT2D eigenvalue weighted by Gasteiger charge is -2.45. The monoisotopic (exact) mass is 1530 g/mol. The summed E-state index contributed by atoms with van der Waals surface area (Å²) in [7, 11) is -0.464. The fourth-order valence-electron chi connectivity index (χ4n) is 15.9. The Morgan fingerprint density at radius 3 is 1.20 bits per heavy atom. The molecular weight excluding hydrogens is 1440 g/mol. The van der Waals surface area contributed by atoms with Crippen molar-refractivity contribution in [3.05, 3.63) is 129 Å². The second-order valence-corrected chi connectivity index (χ2v) is 34.5. The fraction of sp³-hybridized carbons (Fsp3) is 0.481. The maximum atomic E-state index is 13.6. The molecule has 0 unspecified atom stereocenters. The predicted molar refractivity (Wildman–Crippen MR) is 415 cm³/mol. The molecule has 3 amide bonds. The SMILES string of the molecule is CC(C)n1cnc2cc(-c3ccc4c(c3)N(C3CC(=O)C3)C(=O)C4(C)C)nc(Cl)c21.CC(C)n1cnc2cc(-c3ccc4c(c3)N(C3CC(N5CCCC5)C3)C(=O)C4(C)C)nc(Cl)c21.CC(C)n1cnc2cc(Br)nc(Cl)c21.CC1(C)C(=O)N(C2CC(=O)C2)c2cc(B3OC(C)(C)C(C)(C)O3)ccc21. The van der Waals surface area contributed by atoms with Gasteiger partial charge in [-0.05, 0) is 224 Å². The minimum atomic E-state index is -0.614. The van der Waals surface area contributed by atoms with Gasteiger partial charge in [-0.3, -0.25) is 24.0 Å². The van der Waals surface area contributed by atoms with Gasteiger partial charge in [0.1, 0.15) is 32.7 Å². The van der Waals surface area contributed by atoms with Gasteiger partial charge >= 0.3 is 7.12 Å². The molecule has 544 valence electrons. The van der Waals surface area contributed by atoms with E-state index in [1.54, 1.807) is 12.7 Å². The van der Waals surface area contributed by atoms with Gasteiger partial charge in [-0.1, -0.05) is 71.2 Å². The summed E-state index contributed by atoms with van der Waals surface area (Å²) in [6, 6.07) is 25.7. The van der Waals surface area contributed by atoms with E-state index in [1.807, 2.05) is 154 Å². The van der Waals surface area contributed by atoms with E-state index in [9.17, 15) is 24.0 Å². The number of hydrogen-bond donors (Lipinski definition) is 0. The molecular formula is C79H90BBrCl3N13O7. The summed E-state index contributed by atoms with van der Waals surface area (Å²) in [4.78, 5) is 97.9. The van der Waals surface area contributed by atoms with E-state index >= 15 is 0 Å². The van der Waals surface area contributed by atoms with Crippen LogP contribution in [0.5, 0.6) is 0 Å². The summed E-state index contributed by atoms with van der Waals surface area (Å²) in [5.41, 5.74) is 12.7. The lowest BCUT2D eigenvalue weighted by atomic mass is 9.76. The van der Waals surface area contributed by atoms with Gasteiger partial charge in [-0.15, -0.1) is 0 Å². The van der Waals surface area contributed by atoms with Crippen LogP contribution in [-0.4, -0.2) is 133 Å². The van der Waals surface area contributed by atoms with Gasteiger partial charge in [-0.25, -0.2) is 29.9 Å². The van der Waals surface area contributed by atoms with Gasteiger partial charge in [-0.2, -0.15) is 0 Å². The molecule has 0 spiro atoms. The Morgan fingerprint density at radius 2 is 0.817 bits per heavy atom.